The highest BCUT2D eigenvalue weighted by atomic mass is 32.3. The van der Waals surface area contributed by atoms with Crippen LogP contribution in [0.1, 0.15) is 13.8 Å². The molecule has 0 radical (unpaired) electrons. The third-order valence-electron chi connectivity index (χ3n) is 1.70. The summed E-state index contributed by atoms with van der Waals surface area (Å²) < 4.78 is 39.9. The summed E-state index contributed by atoms with van der Waals surface area (Å²) in [6.07, 6.45) is 0.534. The van der Waals surface area contributed by atoms with Crippen LogP contribution in [0.4, 0.5) is 0 Å². The molecule has 0 aliphatic carbocycles. The average molecular weight is 252 g/mol. The van der Waals surface area contributed by atoms with E-state index in [2.05, 4.69) is 9.60 Å². The highest BCUT2D eigenvalue weighted by Gasteiger charge is 2.32. The molecule has 1 aliphatic rings. The van der Waals surface area contributed by atoms with E-state index >= 15 is 0 Å². The zero-order valence-corrected chi connectivity index (χ0v) is 9.69. The summed E-state index contributed by atoms with van der Waals surface area (Å²) >= 11 is 0. The van der Waals surface area contributed by atoms with Gasteiger partial charge in [-0.3, -0.25) is 9.87 Å². The highest BCUT2D eigenvalue weighted by Crippen LogP contribution is 2.04. The van der Waals surface area contributed by atoms with E-state index in [4.69, 9.17) is 15.0 Å². The predicted octanol–water partition coefficient (Wildman–Crippen LogP) is -1.08. The topological polar surface area (TPSA) is 114 Å². The largest absolute Gasteiger partial charge is 0.499 e. The molecular weight excluding hydrogens is 238 g/mol. The van der Waals surface area contributed by atoms with E-state index in [1.807, 2.05) is 0 Å². The highest BCUT2D eigenvalue weighted by molar-refractivity contribution is 7.80. The van der Waals surface area contributed by atoms with Crippen LogP contribution >= 0.6 is 0 Å². The SMILES string of the molecule is CCOC1=CC(C)=[N+](OS(=O)(=O)O)C(N)N1. The lowest BCUT2D eigenvalue weighted by Gasteiger charge is -2.18. The number of hydrogen-bond donors (Lipinski definition) is 3. The second-order valence-electron chi connectivity index (χ2n) is 3.00. The molecule has 0 spiro atoms. The van der Waals surface area contributed by atoms with E-state index in [-0.39, 0.29) is 0 Å². The number of hydrogen-bond acceptors (Lipinski definition) is 6. The molecule has 0 aromatic carbocycles. The van der Waals surface area contributed by atoms with Crippen LogP contribution in [-0.2, 0) is 19.4 Å². The second kappa shape index (κ2) is 4.68. The van der Waals surface area contributed by atoms with Crippen LogP contribution in [0.15, 0.2) is 12.0 Å². The number of allylic oxidation sites excluding steroid dienone is 1. The molecule has 9 heteroatoms. The molecule has 0 fully saturated rings. The Morgan fingerprint density at radius 3 is 2.75 bits per heavy atom. The molecule has 0 bridgehead atoms. The molecule has 1 atom stereocenters. The molecule has 8 nitrogen and oxygen atoms in total. The van der Waals surface area contributed by atoms with Crippen molar-refractivity contribution in [2.75, 3.05) is 6.61 Å². The molecular formula is C7H14N3O5S+. The third kappa shape index (κ3) is 3.36. The summed E-state index contributed by atoms with van der Waals surface area (Å²) in [5.41, 5.74) is 5.95. The van der Waals surface area contributed by atoms with E-state index in [1.165, 1.54) is 6.08 Å². The van der Waals surface area contributed by atoms with E-state index in [9.17, 15) is 8.42 Å². The molecule has 0 amide bonds. The lowest BCUT2D eigenvalue weighted by molar-refractivity contribution is -0.776. The maximum absolute atomic E-state index is 10.5. The van der Waals surface area contributed by atoms with Crippen LogP contribution < -0.4 is 11.1 Å². The van der Waals surface area contributed by atoms with Gasteiger partial charge in [-0.25, -0.2) is 5.73 Å². The molecule has 1 rings (SSSR count). The standard InChI is InChI=1S/C7H13N3O5S/c1-3-14-6-4-5(2)10(7(8)9-6)15-16(11,12)13/h4,7H,3,8H2,1-2H3,(H,11,12,13)/p+1. The first-order chi connectivity index (χ1) is 7.33. The van der Waals surface area contributed by atoms with Gasteiger partial charge in [-0.15, -0.1) is 4.28 Å². The second-order valence-corrected chi connectivity index (χ2v) is 4.00. The minimum Gasteiger partial charge on any atom is -0.479 e. The molecule has 92 valence electrons. The summed E-state index contributed by atoms with van der Waals surface area (Å²) in [6.45, 7) is 3.80. The fourth-order valence-electron chi connectivity index (χ4n) is 1.16. The van der Waals surface area contributed by atoms with Crippen molar-refractivity contribution in [1.82, 2.24) is 5.32 Å². The Labute approximate surface area is 93.2 Å². The van der Waals surface area contributed by atoms with Crippen molar-refractivity contribution in [1.29, 1.82) is 0 Å². The summed E-state index contributed by atoms with van der Waals surface area (Å²) in [7, 11) is -4.60. The summed E-state index contributed by atoms with van der Waals surface area (Å²) in [5.74, 6) is 0.405. The quantitative estimate of drug-likeness (QED) is 0.430. The first-order valence-corrected chi connectivity index (χ1v) is 5.86. The van der Waals surface area contributed by atoms with Crippen molar-refractivity contribution < 1.29 is 26.7 Å². The first kappa shape index (κ1) is 12.7. The molecule has 0 saturated heterocycles. The number of hydroxylamine groups is 1. The van der Waals surface area contributed by atoms with Gasteiger partial charge in [0.15, 0.2) is 5.88 Å². The zero-order valence-electron chi connectivity index (χ0n) is 8.87. The Balaban J connectivity index is 2.95. The Morgan fingerprint density at radius 1 is 1.69 bits per heavy atom. The fraction of sp³-hybridized carbons (Fsp3) is 0.571. The lowest BCUT2D eigenvalue weighted by atomic mass is 10.3. The summed E-state index contributed by atoms with van der Waals surface area (Å²) in [4.78, 5) is 0. The molecule has 0 aromatic rings. The Morgan fingerprint density at radius 2 is 2.31 bits per heavy atom. The van der Waals surface area contributed by atoms with Crippen molar-refractivity contribution in [3.8, 4) is 0 Å². The van der Waals surface area contributed by atoms with Crippen LogP contribution in [0.2, 0.25) is 0 Å². The molecule has 1 heterocycles. The predicted molar refractivity (Wildman–Crippen MR) is 54.4 cm³/mol. The number of nitrogens with one attached hydrogen (secondary N) is 1. The maximum Gasteiger partial charge on any atom is 0.499 e. The molecule has 16 heavy (non-hydrogen) atoms. The van der Waals surface area contributed by atoms with Gasteiger partial charge in [-0.2, -0.15) is 8.42 Å². The Kier molecular flexibility index (Phi) is 3.73. The first-order valence-electron chi connectivity index (χ1n) is 4.50. The summed E-state index contributed by atoms with van der Waals surface area (Å²) in [5, 5.41) is 2.64. The van der Waals surface area contributed by atoms with E-state index in [1.54, 1.807) is 13.8 Å². The van der Waals surface area contributed by atoms with Gasteiger partial charge in [-0.1, -0.05) is 0 Å². The van der Waals surface area contributed by atoms with Gasteiger partial charge in [0.2, 0.25) is 5.71 Å². The minimum atomic E-state index is -4.60. The van der Waals surface area contributed by atoms with Crippen LogP contribution in [0.3, 0.4) is 0 Å². The van der Waals surface area contributed by atoms with Gasteiger partial charge < -0.3 is 4.74 Å². The molecule has 4 N–H and O–H groups in total. The van der Waals surface area contributed by atoms with Crippen LogP contribution in [-0.4, -0.2) is 36.3 Å². The number of rotatable bonds is 4. The zero-order chi connectivity index (χ0) is 12.3. The van der Waals surface area contributed by atoms with E-state index in [0.29, 0.717) is 18.2 Å². The van der Waals surface area contributed by atoms with Crippen molar-refractivity contribution >= 4 is 16.1 Å². The number of nitrogens with two attached hydrogens (primary N) is 1. The van der Waals surface area contributed by atoms with Crippen molar-refractivity contribution in [2.24, 2.45) is 5.73 Å². The Bertz CT molecular complexity index is 427. The van der Waals surface area contributed by atoms with Gasteiger partial charge in [0.05, 0.1) is 12.7 Å². The van der Waals surface area contributed by atoms with Crippen LogP contribution in [0.5, 0.6) is 0 Å². The minimum absolute atomic E-state index is 0.382. The van der Waals surface area contributed by atoms with E-state index < -0.39 is 16.7 Å². The molecule has 0 saturated carbocycles. The summed E-state index contributed by atoms with van der Waals surface area (Å²) in [6, 6.07) is 0. The van der Waals surface area contributed by atoms with Crippen molar-refractivity contribution in [3.05, 3.63) is 12.0 Å². The van der Waals surface area contributed by atoms with Gasteiger partial charge in [-0.05, 0) is 6.92 Å². The maximum atomic E-state index is 10.5. The smallest absolute Gasteiger partial charge is 0.479 e. The normalized spacial score (nSPS) is 21.2. The van der Waals surface area contributed by atoms with Gasteiger partial charge >= 0.3 is 16.7 Å². The molecule has 1 aliphatic heterocycles. The van der Waals surface area contributed by atoms with E-state index in [0.717, 1.165) is 4.74 Å². The van der Waals surface area contributed by atoms with Gasteiger partial charge in [0.1, 0.15) is 0 Å². The average Bonchev–Trinajstić information content (AvgIpc) is 2.10. The van der Waals surface area contributed by atoms with Crippen LogP contribution in [0.25, 0.3) is 0 Å². The third-order valence-corrected chi connectivity index (χ3v) is 2.05. The molecule has 0 aromatic heterocycles. The van der Waals surface area contributed by atoms with Gasteiger partial charge in [0, 0.05) is 11.7 Å². The number of nitrogens with zero attached hydrogens (tertiary/aromatic N) is 1. The molecule has 1 unspecified atom stereocenters. The van der Waals surface area contributed by atoms with Crippen molar-refractivity contribution in [3.63, 3.8) is 0 Å². The fourth-order valence-corrected chi connectivity index (χ4v) is 1.58. The van der Waals surface area contributed by atoms with Crippen molar-refractivity contribution in [2.45, 2.75) is 20.1 Å². The number of ether oxygens (including phenoxy) is 1. The monoisotopic (exact) mass is 252 g/mol. The van der Waals surface area contributed by atoms with Crippen LogP contribution in [0, 0.1) is 0 Å². The lowest BCUT2D eigenvalue weighted by Crippen LogP contribution is -2.51. The van der Waals surface area contributed by atoms with Gasteiger partial charge in [0.25, 0.3) is 0 Å². The Hall–Kier alpha value is -1.32.